The van der Waals surface area contributed by atoms with E-state index in [1.54, 1.807) is 0 Å². The third-order valence-electron chi connectivity index (χ3n) is 1.41. The molecule has 0 aromatic rings. The normalized spacial score (nSPS) is 11.9. The Labute approximate surface area is 82.5 Å². The van der Waals surface area contributed by atoms with Gasteiger partial charge in [-0.05, 0) is 34.6 Å². The van der Waals surface area contributed by atoms with Crippen LogP contribution in [0.3, 0.4) is 0 Å². The largest absolute Gasteiger partial charge is 0.461 e. The van der Waals surface area contributed by atoms with Gasteiger partial charge in [0.1, 0.15) is 0 Å². The maximum atomic E-state index is 5.59. The van der Waals surface area contributed by atoms with E-state index < -0.39 is 0 Å². The molecule has 0 saturated carbocycles. The highest BCUT2D eigenvalue weighted by molar-refractivity contribution is 6.45. The molecule has 0 unspecified atom stereocenters. The Kier molecular flexibility index (Phi) is 7.01. The predicted molar refractivity (Wildman–Crippen MR) is 57.8 cm³/mol. The van der Waals surface area contributed by atoms with Crippen molar-refractivity contribution in [1.82, 2.24) is 0 Å². The summed E-state index contributed by atoms with van der Waals surface area (Å²) < 4.78 is 11.2. The molecule has 0 aliphatic heterocycles. The zero-order chi connectivity index (χ0) is 10.3. The topological polar surface area (TPSA) is 18.5 Å². The first-order valence-corrected chi connectivity index (χ1v) is 4.98. The van der Waals surface area contributed by atoms with Crippen LogP contribution in [-0.2, 0) is 9.31 Å². The van der Waals surface area contributed by atoms with Gasteiger partial charge in [-0.15, -0.1) is 0 Å². The maximum Gasteiger partial charge on any atom is 0.461 e. The molecule has 0 heterocycles. The quantitative estimate of drug-likeness (QED) is 0.466. The fourth-order valence-electron chi connectivity index (χ4n) is 0.998. The summed E-state index contributed by atoms with van der Waals surface area (Å²) in [5.41, 5.74) is 0. The first-order valence-electron chi connectivity index (χ1n) is 4.98. The maximum absolute atomic E-state index is 5.59. The summed E-state index contributed by atoms with van der Waals surface area (Å²) in [5, 5.41) is 0. The Balaban J connectivity index is 3.87. The van der Waals surface area contributed by atoms with Gasteiger partial charge in [-0.1, -0.05) is 12.2 Å². The van der Waals surface area contributed by atoms with Gasteiger partial charge in [0.2, 0.25) is 0 Å². The molecule has 0 aliphatic carbocycles. The number of hydrogen-bond acceptors (Lipinski definition) is 2. The van der Waals surface area contributed by atoms with Crippen molar-refractivity contribution in [3.05, 3.63) is 12.2 Å². The Morgan fingerprint density at radius 3 is 1.85 bits per heavy atom. The van der Waals surface area contributed by atoms with Crippen LogP contribution in [0.1, 0.15) is 34.6 Å². The minimum absolute atomic E-state index is 0.101. The SMILES string of the molecule is C/C=C/CB(OC(C)C)OC(C)C. The molecule has 13 heavy (non-hydrogen) atoms. The summed E-state index contributed by atoms with van der Waals surface area (Å²) >= 11 is 0. The van der Waals surface area contributed by atoms with Crippen molar-refractivity contribution >= 4 is 7.12 Å². The Hall–Kier alpha value is -0.275. The molecule has 0 rings (SSSR count). The second-order valence-corrected chi connectivity index (χ2v) is 3.60. The van der Waals surface area contributed by atoms with Crippen molar-refractivity contribution in [3.8, 4) is 0 Å². The summed E-state index contributed by atoms with van der Waals surface area (Å²) in [6, 6.07) is 0. The molecule has 0 amide bonds. The second kappa shape index (κ2) is 7.16. The fourth-order valence-corrected chi connectivity index (χ4v) is 0.998. The molecule has 3 heteroatoms. The molecule has 2 nitrogen and oxygen atoms in total. The van der Waals surface area contributed by atoms with E-state index >= 15 is 0 Å². The van der Waals surface area contributed by atoms with Gasteiger partial charge in [0.15, 0.2) is 0 Å². The van der Waals surface area contributed by atoms with Crippen molar-refractivity contribution in [2.75, 3.05) is 0 Å². The van der Waals surface area contributed by atoms with Crippen LogP contribution in [0.2, 0.25) is 6.32 Å². The Morgan fingerprint density at radius 2 is 1.54 bits per heavy atom. The molecule has 0 aliphatic rings. The van der Waals surface area contributed by atoms with Crippen LogP contribution in [0.5, 0.6) is 0 Å². The van der Waals surface area contributed by atoms with Crippen molar-refractivity contribution in [3.63, 3.8) is 0 Å². The van der Waals surface area contributed by atoms with Gasteiger partial charge in [-0.25, -0.2) is 0 Å². The molecule has 0 atom stereocenters. The van der Waals surface area contributed by atoms with Gasteiger partial charge in [0, 0.05) is 18.5 Å². The lowest BCUT2D eigenvalue weighted by atomic mass is 9.83. The summed E-state index contributed by atoms with van der Waals surface area (Å²) in [6.07, 6.45) is 5.34. The van der Waals surface area contributed by atoms with Crippen LogP contribution in [0.25, 0.3) is 0 Å². The summed E-state index contributed by atoms with van der Waals surface area (Å²) in [7, 11) is -0.101. The average molecular weight is 184 g/mol. The van der Waals surface area contributed by atoms with Crippen LogP contribution in [-0.4, -0.2) is 19.3 Å². The number of allylic oxidation sites excluding steroid dienone is 2. The van der Waals surface area contributed by atoms with E-state index in [1.165, 1.54) is 0 Å². The predicted octanol–water partition coefficient (Wildman–Crippen LogP) is 2.90. The smallest absolute Gasteiger partial charge is 0.409 e. The minimum Gasteiger partial charge on any atom is -0.409 e. The minimum atomic E-state index is -0.101. The zero-order valence-corrected chi connectivity index (χ0v) is 9.41. The van der Waals surface area contributed by atoms with Gasteiger partial charge in [0.25, 0.3) is 0 Å². The molecular weight excluding hydrogens is 163 g/mol. The van der Waals surface area contributed by atoms with Crippen molar-refractivity contribution in [1.29, 1.82) is 0 Å². The number of rotatable bonds is 6. The highest BCUT2D eigenvalue weighted by Gasteiger charge is 2.19. The van der Waals surface area contributed by atoms with Crippen LogP contribution in [0.4, 0.5) is 0 Å². The van der Waals surface area contributed by atoms with E-state index in [-0.39, 0.29) is 19.3 Å². The van der Waals surface area contributed by atoms with E-state index in [2.05, 4.69) is 6.08 Å². The molecule has 0 fully saturated rings. The molecule has 0 radical (unpaired) electrons. The van der Waals surface area contributed by atoms with Gasteiger partial charge in [-0.2, -0.15) is 0 Å². The van der Waals surface area contributed by atoms with E-state index in [1.807, 2.05) is 40.7 Å². The molecular formula is C10H21BO2. The average Bonchev–Trinajstić information content (AvgIpc) is 1.98. The van der Waals surface area contributed by atoms with Crippen LogP contribution < -0.4 is 0 Å². The lowest BCUT2D eigenvalue weighted by Gasteiger charge is -2.18. The molecule has 0 aromatic heterocycles. The number of hydrogen-bond donors (Lipinski definition) is 0. The molecule has 0 aromatic carbocycles. The first-order chi connectivity index (χ1) is 6.06. The van der Waals surface area contributed by atoms with Gasteiger partial charge < -0.3 is 9.31 Å². The zero-order valence-electron chi connectivity index (χ0n) is 9.41. The Morgan fingerprint density at radius 1 is 1.08 bits per heavy atom. The van der Waals surface area contributed by atoms with Gasteiger partial charge >= 0.3 is 7.12 Å². The lowest BCUT2D eigenvalue weighted by molar-refractivity contribution is 0.132. The molecule has 0 saturated heterocycles. The van der Waals surface area contributed by atoms with E-state index in [0.717, 1.165) is 6.32 Å². The highest BCUT2D eigenvalue weighted by Crippen LogP contribution is 2.05. The van der Waals surface area contributed by atoms with Crippen LogP contribution >= 0.6 is 0 Å². The molecule has 0 N–H and O–H groups in total. The standard InChI is InChI=1S/C10H21BO2/c1-6-7-8-11(12-9(2)3)13-10(4)5/h6-7,9-10H,8H2,1-5H3/b7-6+. The van der Waals surface area contributed by atoms with Gasteiger partial charge in [-0.3, -0.25) is 0 Å². The van der Waals surface area contributed by atoms with Crippen molar-refractivity contribution in [2.24, 2.45) is 0 Å². The lowest BCUT2D eigenvalue weighted by Crippen LogP contribution is -2.28. The fraction of sp³-hybridized carbons (Fsp3) is 0.800. The van der Waals surface area contributed by atoms with Crippen LogP contribution in [0, 0.1) is 0 Å². The molecule has 0 bridgehead atoms. The summed E-state index contributed by atoms with van der Waals surface area (Å²) in [4.78, 5) is 0. The van der Waals surface area contributed by atoms with E-state index in [9.17, 15) is 0 Å². The third kappa shape index (κ3) is 8.07. The third-order valence-corrected chi connectivity index (χ3v) is 1.41. The van der Waals surface area contributed by atoms with Crippen molar-refractivity contribution in [2.45, 2.75) is 53.1 Å². The summed E-state index contributed by atoms with van der Waals surface area (Å²) in [5.74, 6) is 0. The summed E-state index contributed by atoms with van der Waals surface area (Å²) in [6.45, 7) is 10.1. The van der Waals surface area contributed by atoms with Crippen molar-refractivity contribution < 1.29 is 9.31 Å². The Bertz CT molecular complexity index is 134. The first kappa shape index (κ1) is 12.7. The van der Waals surface area contributed by atoms with E-state index in [0.29, 0.717) is 0 Å². The second-order valence-electron chi connectivity index (χ2n) is 3.60. The highest BCUT2D eigenvalue weighted by atomic mass is 16.6. The monoisotopic (exact) mass is 184 g/mol. The molecule has 76 valence electrons. The van der Waals surface area contributed by atoms with E-state index in [4.69, 9.17) is 9.31 Å². The van der Waals surface area contributed by atoms with Crippen LogP contribution in [0.15, 0.2) is 12.2 Å². The molecule has 0 spiro atoms. The van der Waals surface area contributed by atoms with Gasteiger partial charge in [0.05, 0.1) is 0 Å².